The van der Waals surface area contributed by atoms with Crippen LogP contribution in [0.2, 0.25) is 0 Å². The molecule has 0 fully saturated rings. The van der Waals surface area contributed by atoms with E-state index in [1.165, 1.54) is 20.3 Å². The minimum atomic E-state index is -0.675. The van der Waals surface area contributed by atoms with Crippen molar-refractivity contribution >= 4 is 17.6 Å². The smallest absolute Gasteiger partial charge is 0.355 e. The van der Waals surface area contributed by atoms with Gasteiger partial charge in [-0.25, -0.2) is 9.59 Å². The van der Waals surface area contributed by atoms with E-state index >= 15 is 0 Å². The Hall–Kier alpha value is -3.68. The average molecular weight is 367 g/mol. The molecule has 1 aromatic heterocycles. The number of rotatable bonds is 4. The number of aryl methyl sites for hydroxylation is 1. The summed E-state index contributed by atoms with van der Waals surface area (Å²) >= 11 is 0. The van der Waals surface area contributed by atoms with Gasteiger partial charge >= 0.3 is 11.9 Å². The Morgan fingerprint density at radius 3 is 2.56 bits per heavy atom. The fourth-order valence-electron chi connectivity index (χ4n) is 2.57. The molecular formula is C19H17N3O5. The summed E-state index contributed by atoms with van der Waals surface area (Å²) in [5.41, 5.74) is 1.38. The minimum Gasteiger partial charge on any atom is -0.465 e. The van der Waals surface area contributed by atoms with Gasteiger partial charge in [0.1, 0.15) is 5.70 Å². The number of carbonyl (C=O) groups excluding carboxylic acids is 2. The number of ether oxygens (including phenoxy) is 2. The number of anilines is 1. The summed E-state index contributed by atoms with van der Waals surface area (Å²) in [6.45, 7) is 1.72. The molecule has 138 valence electrons. The van der Waals surface area contributed by atoms with Crippen LogP contribution in [0.4, 0.5) is 5.69 Å². The number of hydrogen-bond acceptors (Lipinski definition) is 8. The quantitative estimate of drug-likeness (QED) is 0.761. The van der Waals surface area contributed by atoms with E-state index in [0.717, 1.165) is 0 Å². The molecule has 27 heavy (non-hydrogen) atoms. The second-order valence-electron chi connectivity index (χ2n) is 5.51. The van der Waals surface area contributed by atoms with Crippen molar-refractivity contribution in [1.29, 1.82) is 0 Å². The maximum absolute atomic E-state index is 12.5. The van der Waals surface area contributed by atoms with Gasteiger partial charge in [0.25, 0.3) is 5.89 Å². The Bertz CT molecular complexity index is 971. The number of hydrogen-bond donors (Lipinski definition) is 0. The first-order valence-electron chi connectivity index (χ1n) is 8.01. The van der Waals surface area contributed by atoms with E-state index in [1.807, 2.05) is 0 Å². The van der Waals surface area contributed by atoms with Gasteiger partial charge in [0.15, 0.2) is 5.82 Å². The highest BCUT2D eigenvalue weighted by Crippen LogP contribution is 2.29. The maximum atomic E-state index is 12.5. The molecule has 0 saturated carbocycles. The lowest BCUT2D eigenvalue weighted by molar-refractivity contribution is -0.139. The van der Waals surface area contributed by atoms with Gasteiger partial charge in [-0.3, -0.25) is 0 Å². The number of methoxy groups -OCH3 is 2. The molecule has 0 amide bonds. The first-order chi connectivity index (χ1) is 13.0. The summed E-state index contributed by atoms with van der Waals surface area (Å²) in [5, 5.41) is 3.78. The molecule has 1 aliphatic heterocycles. The van der Waals surface area contributed by atoms with E-state index in [4.69, 9.17) is 14.0 Å². The van der Waals surface area contributed by atoms with Crippen LogP contribution in [0.5, 0.6) is 0 Å². The van der Waals surface area contributed by atoms with E-state index in [-0.39, 0.29) is 11.3 Å². The van der Waals surface area contributed by atoms with Crippen LogP contribution in [0.1, 0.15) is 5.82 Å². The summed E-state index contributed by atoms with van der Waals surface area (Å²) in [6.07, 6.45) is 6.49. The number of carbonyl (C=O) groups is 2. The normalized spacial score (nSPS) is 13.5. The van der Waals surface area contributed by atoms with Crippen molar-refractivity contribution in [2.45, 2.75) is 6.92 Å². The van der Waals surface area contributed by atoms with Gasteiger partial charge in [-0.1, -0.05) is 17.3 Å². The van der Waals surface area contributed by atoms with E-state index in [2.05, 4.69) is 10.1 Å². The summed E-state index contributed by atoms with van der Waals surface area (Å²) < 4.78 is 14.9. The number of aromatic nitrogens is 2. The molecule has 8 heteroatoms. The molecule has 1 aliphatic rings. The van der Waals surface area contributed by atoms with Crippen LogP contribution in [0.25, 0.3) is 11.5 Å². The molecule has 0 spiro atoms. The molecule has 0 N–H and O–H groups in total. The third-order valence-electron chi connectivity index (χ3n) is 3.79. The SMILES string of the molecule is COC(=O)C1=C(C(=O)OC)N(c2cccc(-c3nc(C)no3)c2)C=CC=C1. The van der Waals surface area contributed by atoms with Crippen molar-refractivity contribution in [2.75, 3.05) is 19.1 Å². The third kappa shape index (κ3) is 3.64. The van der Waals surface area contributed by atoms with Gasteiger partial charge in [-0.05, 0) is 37.3 Å². The monoisotopic (exact) mass is 367 g/mol. The summed E-state index contributed by atoms with van der Waals surface area (Å²) in [4.78, 5) is 30.4. The molecule has 0 saturated heterocycles. The summed E-state index contributed by atoms with van der Waals surface area (Å²) in [5.74, 6) is -0.463. The minimum absolute atomic E-state index is 0.0354. The Kier molecular flexibility index (Phi) is 5.16. The molecule has 2 aromatic rings. The fraction of sp³-hybridized carbons (Fsp3) is 0.158. The Balaban J connectivity index is 2.13. The van der Waals surface area contributed by atoms with Crippen LogP contribution in [-0.4, -0.2) is 36.3 Å². The van der Waals surface area contributed by atoms with Crippen LogP contribution in [0.15, 0.2) is 64.5 Å². The number of esters is 2. The Morgan fingerprint density at radius 1 is 1.11 bits per heavy atom. The molecule has 8 nitrogen and oxygen atoms in total. The maximum Gasteiger partial charge on any atom is 0.355 e. The first-order valence-corrected chi connectivity index (χ1v) is 8.01. The molecule has 0 unspecified atom stereocenters. The van der Waals surface area contributed by atoms with Gasteiger partial charge in [0.05, 0.1) is 19.8 Å². The molecule has 0 atom stereocenters. The lowest BCUT2D eigenvalue weighted by Crippen LogP contribution is -2.26. The zero-order valence-corrected chi connectivity index (χ0v) is 15.0. The second kappa shape index (κ2) is 7.69. The van der Waals surface area contributed by atoms with Gasteiger partial charge in [0.2, 0.25) is 0 Å². The van der Waals surface area contributed by atoms with Gasteiger partial charge in [-0.15, -0.1) is 0 Å². The number of nitrogens with zero attached hydrogens (tertiary/aromatic N) is 3. The molecular weight excluding hydrogens is 350 g/mol. The first kappa shape index (κ1) is 18.1. The highest BCUT2D eigenvalue weighted by molar-refractivity contribution is 6.05. The van der Waals surface area contributed by atoms with Crippen LogP contribution in [0, 0.1) is 6.92 Å². The zero-order valence-electron chi connectivity index (χ0n) is 15.0. The third-order valence-corrected chi connectivity index (χ3v) is 3.79. The standard InChI is InChI=1S/C19H17N3O5/c1-12-20-17(27-21-12)13-7-6-8-14(11-13)22-10-5-4-9-15(18(23)25-2)16(22)19(24)26-3/h4-11H,1-3H3. The molecule has 0 aliphatic carbocycles. The summed E-state index contributed by atoms with van der Waals surface area (Å²) in [7, 11) is 2.50. The lowest BCUT2D eigenvalue weighted by Gasteiger charge is -2.23. The van der Waals surface area contributed by atoms with Crippen LogP contribution in [0.3, 0.4) is 0 Å². The number of benzene rings is 1. The van der Waals surface area contributed by atoms with Crippen molar-refractivity contribution in [1.82, 2.24) is 10.1 Å². The second-order valence-corrected chi connectivity index (χ2v) is 5.51. The molecule has 1 aromatic carbocycles. The van der Waals surface area contributed by atoms with Gasteiger partial charge in [0, 0.05) is 17.5 Å². The number of allylic oxidation sites excluding steroid dienone is 2. The fourth-order valence-corrected chi connectivity index (χ4v) is 2.57. The van der Waals surface area contributed by atoms with Crippen LogP contribution < -0.4 is 4.90 Å². The summed E-state index contributed by atoms with van der Waals surface area (Å²) in [6, 6.07) is 7.13. The lowest BCUT2D eigenvalue weighted by atomic mass is 10.1. The highest BCUT2D eigenvalue weighted by Gasteiger charge is 2.27. The van der Waals surface area contributed by atoms with Crippen molar-refractivity contribution in [3.05, 3.63) is 65.8 Å². The highest BCUT2D eigenvalue weighted by atomic mass is 16.5. The van der Waals surface area contributed by atoms with Gasteiger partial charge in [-0.2, -0.15) is 4.98 Å². The molecule has 2 heterocycles. The van der Waals surface area contributed by atoms with E-state index in [9.17, 15) is 9.59 Å². The largest absolute Gasteiger partial charge is 0.465 e. The van der Waals surface area contributed by atoms with Crippen LogP contribution >= 0.6 is 0 Å². The average Bonchev–Trinajstić information content (AvgIpc) is 3.01. The van der Waals surface area contributed by atoms with Crippen LogP contribution in [-0.2, 0) is 19.1 Å². The van der Waals surface area contributed by atoms with E-state index < -0.39 is 11.9 Å². The predicted octanol–water partition coefficient (Wildman–Crippen LogP) is 2.54. The molecule has 3 rings (SSSR count). The topological polar surface area (TPSA) is 94.8 Å². The van der Waals surface area contributed by atoms with E-state index in [0.29, 0.717) is 23.0 Å². The van der Waals surface area contributed by atoms with Crippen molar-refractivity contribution < 1.29 is 23.6 Å². The Morgan fingerprint density at radius 2 is 1.89 bits per heavy atom. The van der Waals surface area contributed by atoms with Crippen molar-refractivity contribution in [3.8, 4) is 11.5 Å². The predicted molar refractivity (Wildman–Crippen MR) is 96.3 cm³/mol. The molecule has 0 bridgehead atoms. The van der Waals surface area contributed by atoms with E-state index in [1.54, 1.807) is 54.4 Å². The van der Waals surface area contributed by atoms with Crippen molar-refractivity contribution in [2.24, 2.45) is 0 Å². The Labute approximate surface area is 155 Å². The van der Waals surface area contributed by atoms with Gasteiger partial charge < -0.3 is 18.9 Å². The zero-order chi connectivity index (χ0) is 19.4. The molecule has 0 radical (unpaired) electrons. The van der Waals surface area contributed by atoms with Crippen molar-refractivity contribution in [3.63, 3.8) is 0 Å².